The van der Waals surface area contributed by atoms with Crippen molar-refractivity contribution in [2.24, 2.45) is 0 Å². The van der Waals surface area contributed by atoms with Gasteiger partial charge in [-0.15, -0.1) is 0 Å². The number of aryl methyl sites for hydroxylation is 2. The number of methoxy groups -OCH3 is 2. The van der Waals surface area contributed by atoms with Crippen LogP contribution in [0.2, 0.25) is 0 Å². The summed E-state index contributed by atoms with van der Waals surface area (Å²) >= 11 is 0. The maximum Gasteiger partial charge on any atom is 0.332 e. The molecule has 0 aliphatic rings. The summed E-state index contributed by atoms with van der Waals surface area (Å²) in [6, 6.07) is 17.4. The number of nitrogens with one attached hydrogen (secondary N) is 3. The summed E-state index contributed by atoms with van der Waals surface area (Å²) in [7, 11) is 4.74. The van der Waals surface area contributed by atoms with E-state index in [0.717, 1.165) is 31.2 Å². The molecule has 0 saturated heterocycles. The van der Waals surface area contributed by atoms with Crippen LogP contribution in [-0.2, 0) is 76.5 Å². The molecule has 0 aliphatic carbocycles. The summed E-state index contributed by atoms with van der Waals surface area (Å²) in [4.78, 5) is 69.5. The molecule has 2 aromatic rings. The third kappa shape index (κ3) is 26.3. The van der Waals surface area contributed by atoms with Crippen molar-refractivity contribution in [3.8, 4) is 0 Å². The zero-order chi connectivity index (χ0) is 42.8. The number of unbranched alkanes of at least 4 members (excludes halogenated alkanes) is 2. The van der Waals surface area contributed by atoms with Crippen molar-refractivity contribution < 1.29 is 57.2 Å². The molecular formula is C43H66N4O12. The molecule has 2 aromatic carbocycles. The van der Waals surface area contributed by atoms with E-state index in [9.17, 15) is 24.0 Å². The summed E-state index contributed by atoms with van der Waals surface area (Å²) in [5, 5.41) is 5.53. The summed E-state index contributed by atoms with van der Waals surface area (Å²) in [6.07, 6.45) is 5.86. The Morgan fingerprint density at radius 1 is 0.610 bits per heavy atom. The molecule has 330 valence electrons. The molecule has 16 nitrogen and oxygen atoms in total. The van der Waals surface area contributed by atoms with E-state index in [1.54, 1.807) is 21.3 Å². The average Bonchev–Trinajstić information content (AvgIpc) is 3.24. The molecular weight excluding hydrogens is 764 g/mol. The molecule has 0 radical (unpaired) electrons. The monoisotopic (exact) mass is 830 g/mol. The van der Waals surface area contributed by atoms with Crippen LogP contribution >= 0.6 is 0 Å². The zero-order valence-corrected chi connectivity index (χ0v) is 35.2. The third-order valence-corrected chi connectivity index (χ3v) is 8.89. The first-order chi connectivity index (χ1) is 28.7. The average molecular weight is 831 g/mol. The van der Waals surface area contributed by atoms with Crippen LogP contribution in [0.5, 0.6) is 0 Å². The molecule has 0 heterocycles. The number of amides is 4. The fraction of sp³-hybridized carbons (Fsp3) is 0.605. The van der Waals surface area contributed by atoms with Crippen molar-refractivity contribution in [3.63, 3.8) is 0 Å². The van der Waals surface area contributed by atoms with Gasteiger partial charge in [0.1, 0.15) is 19.3 Å². The Morgan fingerprint density at radius 2 is 1.17 bits per heavy atom. The van der Waals surface area contributed by atoms with Crippen LogP contribution in [0.3, 0.4) is 0 Å². The molecule has 0 spiro atoms. The van der Waals surface area contributed by atoms with Crippen molar-refractivity contribution in [2.45, 2.75) is 70.3 Å². The number of carbonyl (C=O) groups is 5. The van der Waals surface area contributed by atoms with Crippen LogP contribution in [0.4, 0.5) is 0 Å². The lowest BCUT2D eigenvalue weighted by molar-refractivity contribution is -0.158. The molecule has 2 rings (SSSR count). The first-order valence-corrected chi connectivity index (χ1v) is 20.4. The van der Waals surface area contributed by atoms with Gasteiger partial charge in [-0.3, -0.25) is 19.2 Å². The minimum Gasteiger partial charge on any atom is -0.382 e. The van der Waals surface area contributed by atoms with E-state index >= 15 is 0 Å². The van der Waals surface area contributed by atoms with Gasteiger partial charge in [-0.2, -0.15) is 5.48 Å². The Kier molecular flexibility index (Phi) is 28.7. The molecule has 0 aliphatic heterocycles. The molecule has 0 unspecified atom stereocenters. The number of likely N-dealkylation sites (N-methyl/N-ethyl adjacent to an activating group) is 1. The lowest BCUT2D eigenvalue weighted by atomic mass is 10.0. The second-order valence-electron chi connectivity index (χ2n) is 13.8. The fourth-order valence-corrected chi connectivity index (χ4v) is 5.65. The maximum atomic E-state index is 13.4. The Balaban J connectivity index is 1.70. The quantitative estimate of drug-likeness (QED) is 0.0693. The second kappa shape index (κ2) is 33.4. The molecule has 59 heavy (non-hydrogen) atoms. The fourth-order valence-electron chi connectivity index (χ4n) is 5.65. The van der Waals surface area contributed by atoms with E-state index in [1.165, 1.54) is 16.0 Å². The minimum absolute atomic E-state index is 0.0432. The zero-order valence-electron chi connectivity index (χ0n) is 35.2. The van der Waals surface area contributed by atoms with Crippen LogP contribution in [0.15, 0.2) is 54.6 Å². The van der Waals surface area contributed by atoms with Gasteiger partial charge in [0.05, 0.1) is 59.3 Å². The highest BCUT2D eigenvalue weighted by Gasteiger charge is 2.24. The third-order valence-electron chi connectivity index (χ3n) is 8.89. The first-order valence-electron chi connectivity index (χ1n) is 20.4. The van der Waals surface area contributed by atoms with Gasteiger partial charge >= 0.3 is 5.97 Å². The van der Waals surface area contributed by atoms with E-state index in [1.807, 2.05) is 30.3 Å². The number of ether oxygens (including phenoxy) is 6. The van der Waals surface area contributed by atoms with Crippen molar-refractivity contribution in [2.75, 3.05) is 100 Å². The molecule has 4 amide bonds. The molecule has 16 heteroatoms. The van der Waals surface area contributed by atoms with E-state index in [-0.39, 0.29) is 70.7 Å². The molecule has 0 fully saturated rings. The highest BCUT2D eigenvalue weighted by molar-refractivity contribution is 5.88. The van der Waals surface area contributed by atoms with Crippen LogP contribution in [-0.4, -0.2) is 141 Å². The van der Waals surface area contributed by atoms with Gasteiger partial charge in [0.2, 0.25) is 17.7 Å². The minimum atomic E-state index is -0.855. The van der Waals surface area contributed by atoms with Crippen molar-refractivity contribution in [1.82, 2.24) is 21.0 Å². The van der Waals surface area contributed by atoms with Gasteiger partial charge in [-0.1, -0.05) is 54.6 Å². The second-order valence-corrected chi connectivity index (χ2v) is 13.8. The number of hydrogen-bond acceptors (Lipinski definition) is 12. The summed E-state index contributed by atoms with van der Waals surface area (Å²) in [5.74, 6) is -2.16. The van der Waals surface area contributed by atoms with Gasteiger partial charge < -0.3 is 48.8 Å². The normalized spacial score (nSPS) is 11.4. The number of carbonyl (C=O) groups excluding carboxylic acids is 5. The van der Waals surface area contributed by atoms with Crippen molar-refractivity contribution in [3.05, 3.63) is 71.3 Å². The molecule has 1 atom stereocenters. The van der Waals surface area contributed by atoms with E-state index in [0.29, 0.717) is 58.8 Å². The van der Waals surface area contributed by atoms with Gasteiger partial charge in [-0.25, -0.2) is 4.79 Å². The topological polar surface area (TPSA) is 189 Å². The van der Waals surface area contributed by atoms with Gasteiger partial charge in [0.25, 0.3) is 5.91 Å². The summed E-state index contributed by atoms with van der Waals surface area (Å²) < 4.78 is 31.1. The molecule has 0 saturated carbocycles. The standard InChI is InChI=1S/C43H66N4O12/c1-47(23-11-17-42(51)59-46-39(48)32-37-20-18-36(19-21-37)15-8-7-14-35-12-5-4-6-13-35)43(52)38(45-41(50)34-58-31-29-56-27-25-54-3)16-9-10-22-44-40(49)33-57-30-28-55-26-24-53-2/h4-6,12-13,18-21,38H,7-11,14-17,22-34H2,1-3H3,(H,44,49)(H,45,50)(H,46,48)/t38-/m1/s1. The summed E-state index contributed by atoms with van der Waals surface area (Å²) in [5.41, 5.74) is 5.56. The Labute approximate surface area is 349 Å². The van der Waals surface area contributed by atoms with Crippen LogP contribution in [0.25, 0.3) is 0 Å². The van der Waals surface area contributed by atoms with Gasteiger partial charge in [0.15, 0.2) is 0 Å². The van der Waals surface area contributed by atoms with Crippen LogP contribution in [0, 0.1) is 0 Å². The molecule has 0 bridgehead atoms. The lowest BCUT2D eigenvalue weighted by Gasteiger charge is -2.25. The first kappa shape index (κ1) is 50.7. The largest absolute Gasteiger partial charge is 0.382 e. The number of benzene rings is 2. The van der Waals surface area contributed by atoms with Crippen molar-refractivity contribution in [1.29, 1.82) is 0 Å². The van der Waals surface area contributed by atoms with Gasteiger partial charge in [-0.05, 0) is 68.1 Å². The van der Waals surface area contributed by atoms with Crippen LogP contribution < -0.4 is 16.1 Å². The lowest BCUT2D eigenvalue weighted by Crippen LogP contribution is -2.48. The summed E-state index contributed by atoms with van der Waals surface area (Å²) in [6.45, 7) is 3.13. The smallest absolute Gasteiger partial charge is 0.332 e. The Morgan fingerprint density at radius 3 is 1.80 bits per heavy atom. The highest BCUT2D eigenvalue weighted by Crippen LogP contribution is 2.12. The van der Waals surface area contributed by atoms with E-state index in [2.05, 4.69) is 40.4 Å². The highest BCUT2D eigenvalue weighted by atomic mass is 16.7. The number of nitrogens with zero attached hydrogens (tertiary/aromatic N) is 1. The molecule has 0 aromatic heterocycles. The van der Waals surface area contributed by atoms with Gasteiger partial charge in [0, 0.05) is 40.8 Å². The number of hydrogen-bond donors (Lipinski definition) is 3. The predicted octanol–water partition coefficient (Wildman–Crippen LogP) is 2.74. The van der Waals surface area contributed by atoms with E-state index < -0.39 is 23.8 Å². The maximum absolute atomic E-state index is 13.4. The number of hydroxylamine groups is 1. The van der Waals surface area contributed by atoms with E-state index in [4.69, 9.17) is 33.3 Å². The SMILES string of the molecule is COCCOCCOCC(=O)NCCCC[C@@H](NC(=O)COCCOCCOC)C(=O)N(C)CCCC(=O)ONC(=O)Cc1ccc(CCCCc2ccccc2)cc1. The van der Waals surface area contributed by atoms with Crippen molar-refractivity contribution >= 4 is 29.6 Å². The molecule has 3 N–H and O–H groups in total. The predicted molar refractivity (Wildman–Crippen MR) is 220 cm³/mol. The van der Waals surface area contributed by atoms with Crippen LogP contribution in [0.1, 0.15) is 61.6 Å². The Hall–Kier alpha value is -4.45. The Bertz CT molecular complexity index is 1450. The number of rotatable bonds is 34.